The highest BCUT2D eigenvalue weighted by molar-refractivity contribution is 5.75. The van der Waals surface area contributed by atoms with Gasteiger partial charge in [0.15, 0.2) is 12.2 Å². The lowest BCUT2D eigenvalue weighted by molar-refractivity contribution is -0.157. The van der Waals surface area contributed by atoms with E-state index in [9.17, 15) is 9.59 Å². The van der Waals surface area contributed by atoms with Crippen LogP contribution in [0.5, 0.6) is 11.5 Å². The van der Waals surface area contributed by atoms with Crippen molar-refractivity contribution in [2.24, 2.45) is 0 Å². The molecule has 0 radical (unpaired) electrons. The van der Waals surface area contributed by atoms with Crippen molar-refractivity contribution in [1.82, 2.24) is 9.13 Å². The minimum Gasteiger partial charge on any atom is -0.492 e. The van der Waals surface area contributed by atoms with Crippen molar-refractivity contribution >= 4 is 11.9 Å². The summed E-state index contributed by atoms with van der Waals surface area (Å²) in [6, 6.07) is 41.8. The second-order valence-corrected chi connectivity index (χ2v) is 19.2. The highest BCUT2D eigenvalue weighted by Gasteiger charge is 2.24. The SMILES string of the molecule is CCOC(=O)C(Cc1ccc(OCCn2c(C(C)C)cc(-c3ccccc3)c2C(C)C)cc1)OCC.CCOC(=O)C(Cc1ccc(OCCn2c(C(C)C)cc(-c3ccccc3)c2C(C)C)cc1)OCC. The van der Waals surface area contributed by atoms with Crippen molar-refractivity contribution in [3.8, 4) is 33.8 Å². The molecule has 0 amide bonds. The van der Waals surface area contributed by atoms with Crippen molar-refractivity contribution in [3.05, 3.63) is 155 Å². The number of benzene rings is 4. The van der Waals surface area contributed by atoms with E-state index in [1.54, 1.807) is 13.8 Å². The fourth-order valence-electron chi connectivity index (χ4n) is 9.24. The molecule has 4 aromatic carbocycles. The number of hydrogen-bond acceptors (Lipinski definition) is 8. The number of hydrogen-bond donors (Lipinski definition) is 0. The number of carbonyl (C=O) groups excluding carboxylic acids is 2. The van der Waals surface area contributed by atoms with E-state index in [2.05, 4.69) is 137 Å². The van der Waals surface area contributed by atoms with Gasteiger partial charge in [-0.2, -0.15) is 0 Å². The van der Waals surface area contributed by atoms with E-state index in [-0.39, 0.29) is 11.9 Å². The van der Waals surface area contributed by atoms with Crippen LogP contribution in [0.3, 0.4) is 0 Å². The molecule has 2 heterocycles. The van der Waals surface area contributed by atoms with Crippen molar-refractivity contribution in [2.45, 2.75) is 145 Å². The lowest BCUT2D eigenvalue weighted by Gasteiger charge is -2.19. The molecule has 2 atom stereocenters. The van der Waals surface area contributed by atoms with Crippen molar-refractivity contribution < 1.29 is 38.0 Å². The zero-order valence-corrected chi connectivity index (χ0v) is 45.2. The number of nitrogens with zero attached hydrogens (tertiary/aromatic N) is 2. The zero-order chi connectivity index (χ0) is 52.2. The van der Waals surface area contributed by atoms with Crippen LogP contribution in [0.1, 0.15) is 141 Å². The molecule has 2 unspecified atom stereocenters. The Bertz CT molecular complexity index is 2340. The molecule has 0 aliphatic carbocycles. The Balaban J connectivity index is 0.000000267. The van der Waals surface area contributed by atoms with Crippen LogP contribution in [0.25, 0.3) is 22.3 Å². The monoisotopic (exact) mass is 983 g/mol. The predicted molar refractivity (Wildman–Crippen MR) is 291 cm³/mol. The van der Waals surface area contributed by atoms with Crippen LogP contribution in [-0.2, 0) is 54.5 Å². The zero-order valence-electron chi connectivity index (χ0n) is 45.2. The standard InChI is InChI=1S/2C31H41NO4/c2*1-7-34-29(31(33)35-8-2)20-24-14-16-26(17-15-24)36-19-18-32-28(22(3)4)21-27(30(32)23(5)6)25-12-10-9-11-13-25/h2*9-17,21-23,29H,7-8,18-20H2,1-6H3. The van der Waals surface area contributed by atoms with E-state index in [0.717, 1.165) is 35.7 Å². The van der Waals surface area contributed by atoms with Gasteiger partial charge >= 0.3 is 11.9 Å². The summed E-state index contributed by atoms with van der Waals surface area (Å²) >= 11 is 0. The highest BCUT2D eigenvalue weighted by Crippen LogP contribution is 2.37. The Morgan fingerprint density at radius 3 is 1.08 bits per heavy atom. The maximum Gasteiger partial charge on any atom is 0.335 e. The molecule has 0 bridgehead atoms. The first-order valence-corrected chi connectivity index (χ1v) is 26.3. The van der Waals surface area contributed by atoms with Gasteiger partial charge in [-0.25, -0.2) is 9.59 Å². The Hall–Kier alpha value is -6.10. The molecule has 6 rings (SSSR count). The summed E-state index contributed by atoms with van der Waals surface area (Å²) in [5.41, 5.74) is 12.5. The molecule has 388 valence electrons. The average molecular weight is 983 g/mol. The molecule has 0 aliphatic heterocycles. The molecular weight excluding hydrogens is 901 g/mol. The fraction of sp³-hybridized carbons (Fsp3) is 0.452. The second-order valence-electron chi connectivity index (χ2n) is 19.2. The lowest BCUT2D eigenvalue weighted by atomic mass is 9.99. The molecule has 2 aromatic heterocycles. The molecule has 0 spiro atoms. The smallest absolute Gasteiger partial charge is 0.335 e. The Labute approximate surface area is 431 Å². The van der Waals surface area contributed by atoms with E-state index in [1.807, 2.05) is 62.4 Å². The molecular formula is C62H82N2O8. The quantitative estimate of drug-likeness (QED) is 0.0496. The van der Waals surface area contributed by atoms with Gasteiger partial charge < -0.3 is 37.6 Å². The van der Waals surface area contributed by atoms with Crippen LogP contribution < -0.4 is 9.47 Å². The van der Waals surface area contributed by atoms with Crippen LogP contribution in [0.4, 0.5) is 0 Å². The number of ether oxygens (including phenoxy) is 6. The minimum atomic E-state index is -0.585. The summed E-state index contributed by atoms with van der Waals surface area (Å²) in [5, 5.41) is 0. The summed E-state index contributed by atoms with van der Waals surface area (Å²) in [7, 11) is 0. The average Bonchev–Trinajstić information content (AvgIpc) is 3.96. The number of aromatic nitrogens is 2. The van der Waals surface area contributed by atoms with Gasteiger partial charge in [0.05, 0.1) is 26.3 Å². The molecule has 0 fully saturated rings. The van der Waals surface area contributed by atoms with Crippen molar-refractivity contribution in [3.63, 3.8) is 0 Å². The van der Waals surface area contributed by atoms with Gasteiger partial charge in [0.2, 0.25) is 0 Å². The van der Waals surface area contributed by atoms with E-state index in [0.29, 0.717) is 76.2 Å². The van der Waals surface area contributed by atoms with Gasteiger partial charge in [-0.05, 0) is 110 Å². The fourth-order valence-corrected chi connectivity index (χ4v) is 9.24. The van der Waals surface area contributed by atoms with Crippen LogP contribution in [-0.4, -0.2) is 72.9 Å². The molecule has 72 heavy (non-hydrogen) atoms. The third-order valence-electron chi connectivity index (χ3n) is 12.5. The summed E-state index contributed by atoms with van der Waals surface area (Å²) in [6.07, 6.45) is -0.210. The van der Waals surface area contributed by atoms with Gasteiger partial charge in [0.1, 0.15) is 24.7 Å². The lowest BCUT2D eigenvalue weighted by Crippen LogP contribution is -2.28. The summed E-state index contributed by atoms with van der Waals surface area (Å²) in [6.45, 7) is 29.7. The molecule has 10 heteroatoms. The maximum absolute atomic E-state index is 12.1. The topological polar surface area (TPSA) is 99.4 Å². The van der Waals surface area contributed by atoms with Crippen molar-refractivity contribution in [2.75, 3.05) is 39.6 Å². The minimum absolute atomic E-state index is 0.316. The molecule has 0 saturated heterocycles. The van der Waals surface area contributed by atoms with Crippen LogP contribution >= 0.6 is 0 Å². The van der Waals surface area contributed by atoms with Gasteiger partial charge in [0, 0.05) is 60.0 Å². The Kier molecular flexibility index (Phi) is 22.7. The number of rotatable bonds is 26. The van der Waals surface area contributed by atoms with E-state index in [4.69, 9.17) is 28.4 Å². The number of esters is 2. The summed E-state index contributed by atoms with van der Waals surface area (Å²) < 4.78 is 38.6. The Morgan fingerprint density at radius 1 is 0.444 bits per heavy atom. The summed E-state index contributed by atoms with van der Waals surface area (Å²) in [4.78, 5) is 24.3. The third kappa shape index (κ3) is 15.9. The first kappa shape index (κ1) is 56.8. The van der Waals surface area contributed by atoms with Crippen molar-refractivity contribution in [1.29, 1.82) is 0 Å². The van der Waals surface area contributed by atoms with E-state index in [1.165, 1.54) is 45.0 Å². The molecule has 0 N–H and O–H groups in total. The molecule has 0 saturated carbocycles. The van der Waals surface area contributed by atoms with Gasteiger partial charge in [-0.15, -0.1) is 0 Å². The molecule has 6 aromatic rings. The van der Waals surface area contributed by atoms with E-state index < -0.39 is 12.2 Å². The van der Waals surface area contributed by atoms with Crippen LogP contribution in [0.2, 0.25) is 0 Å². The maximum atomic E-state index is 12.1. The third-order valence-corrected chi connectivity index (χ3v) is 12.5. The summed E-state index contributed by atoms with van der Waals surface area (Å²) in [5.74, 6) is 2.61. The van der Waals surface area contributed by atoms with E-state index >= 15 is 0 Å². The first-order valence-electron chi connectivity index (χ1n) is 26.3. The van der Waals surface area contributed by atoms with Crippen LogP contribution in [0.15, 0.2) is 121 Å². The second kappa shape index (κ2) is 28.8. The van der Waals surface area contributed by atoms with Gasteiger partial charge in [0.25, 0.3) is 0 Å². The van der Waals surface area contributed by atoms with Crippen LogP contribution in [0, 0.1) is 0 Å². The first-order chi connectivity index (χ1) is 34.7. The Morgan fingerprint density at radius 2 is 0.792 bits per heavy atom. The molecule has 10 nitrogen and oxygen atoms in total. The number of carbonyl (C=O) groups is 2. The molecule has 0 aliphatic rings. The van der Waals surface area contributed by atoms with Gasteiger partial charge in [-0.1, -0.05) is 140 Å². The predicted octanol–water partition coefficient (Wildman–Crippen LogP) is 14.0. The highest BCUT2D eigenvalue weighted by atomic mass is 16.6. The largest absolute Gasteiger partial charge is 0.492 e. The van der Waals surface area contributed by atoms with Gasteiger partial charge in [-0.3, -0.25) is 0 Å². The normalized spacial score (nSPS) is 12.2.